The molecule has 0 fully saturated rings. The van der Waals surface area contributed by atoms with E-state index in [1.54, 1.807) is 0 Å². The maximum atomic E-state index is 6.31. The summed E-state index contributed by atoms with van der Waals surface area (Å²) in [4.78, 5) is 2.37. The van der Waals surface area contributed by atoms with Crippen molar-refractivity contribution >= 4 is 17.1 Å². The Morgan fingerprint density at radius 2 is 1.14 bits per heavy atom. The van der Waals surface area contributed by atoms with Gasteiger partial charge in [0.1, 0.15) is 0 Å². The van der Waals surface area contributed by atoms with E-state index in [4.69, 9.17) is 4.74 Å². The smallest absolute Gasteiger partial charge is 0.151 e. The van der Waals surface area contributed by atoms with E-state index in [0.29, 0.717) is 0 Å². The molecule has 0 radical (unpaired) electrons. The van der Waals surface area contributed by atoms with Crippen molar-refractivity contribution in [3.8, 4) is 11.5 Å². The number of hydrogen-bond acceptors (Lipinski definition) is 2. The van der Waals surface area contributed by atoms with Gasteiger partial charge in [0, 0.05) is 0 Å². The lowest BCUT2D eigenvalue weighted by atomic mass is 9.84. The molecule has 0 aliphatic carbocycles. The molecular weight excluding hydrogens is 342 g/mol. The number of nitrogens with zero attached hydrogens (tertiary/aromatic N) is 1. The van der Waals surface area contributed by atoms with E-state index < -0.39 is 0 Å². The molecule has 3 aromatic rings. The molecule has 0 saturated carbocycles. The standard InChI is InChI=1S/C26H29NO/c1-16-8-10-21-23(12-16)28-24-13-17(2)9-11-22(24)27(21)25-18(3)14-20(15-19(25)4)26(5,6)7/h8-15H,1-7H3. The number of hydrogen-bond donors (Lipinski definition) is 0. The molecule has 2 nitrogen and oxygen atoms in total. The van der Waals surface area contributed by atoms with Crippen LogP contribution in [0.3, 0.4) is 0 Å². The quantitative estimate of drug-likeness (QED) is 0.338. The monoisotopic (exact) mass is 371 g/mol. The van der Waals surface area contributed by atoms with Crippen LogP contribution in [0.5, 0.6) is 11.5 Å². The second-order valence-corrected chi connectivity index (χ2v) is 9.09. The molecule has 144 valence electrons. The summed E-state index contributed by atoms with van der Waals surface area (Å²) in [5.74, 6) is 1.83. The van der Waals surface area contributed by atoms with Crippen LogP contribution in [0.15, 0.2) is 48.5 Å². The fraction of sp³-hybridized carbons (Fsp3) is 0.308. The number of aryl methyl sites for hydroxylation is 4. The van der Waals surface area contributed by atoms with Crippen LogP contribution in [-0.2, 0) is 5.41 Å². The molecular formula is C26H29NO. The van der Waals surface area contributed by atoms with Crippen LogP contribution in [0, 0.1) is 27.7 Å². The van der Waals surface area contributed by atoms with Crippen molar-refractivity contribution in [1.29, 1.82) is 0 Å². The van der Waals surface area contributed by atoms with Gasteiger partial charge < -0.3 is 9.64 Å². The van der Waals surface area contributed by atoms with Gasteiger partial charge in [0.05, 0.1) is 17.1 Å². The van der Waals surface area contributed by atoms with Gasteiger partial charge in [-0.3, -0.25) is 0 Å². The van der Waals surface area contributed by atoms with Crippen molar-refractivity contribution in [2.24, 2.45) is 0 Å². The molecule has 28 heavy (non-hydrogen) atoms. The van der Waals surface area contributed by atoms with Gasteiger partial charge in [-0.25, -0.2) is 0 Å². The van der Waals surface area contributed by atoms with Crippen molar-refractivity contribution in [2.75, 3.05) is 4.90 Å². The number of rotatable bonds is 1. The van der Waals surface area contributed by atoms with Gasteiger partial charge in [-0.1, -0.05) is 45.0 Å². The highest BCUT2D eigenvalue weighted by Gasteiger charge is 2.28. The fourth-order valence-corrected chi connectivity index (χ4v) is 4.01. The maximum absolute atomic E-state index is 6.31. The van der Waals surface area contributed by atoms with E-state index in [2.05, 4.69) is 102 Å². The molecule has 0 saturated heterocycles. The molecule has 0 amide bonds. The molecule has 0 bridgehead atoms. The molecule has 0 N–H and O–H groups in total. The molecule has 1 aliphatic rings. The van der Waals surface area contributed by atoms with Crippen LogP contribution < -0.4 is 9.64 Å². The molecule has 3 aromatic carbocycles. The highest BCUT2D eigenvalue weighted by molar-refractivity contribution is 5.88. The first-order valence-corrected chi connectivity index (χ1v) is 9.96. The van der Waals surface area contributed by atoms with Crippen molar-refractivity contribution in [3.63, 3.8) is 0 Å². The minimum absolute atomic E-state index is 0.128. The van der Waals surface area contributed by atoms with Gasteiger partial charge in [-0.15, -0.1) is 0 Å². The molecule has 1 aliphatic heterocycles. The highest BCUT2D eigenvalue weighted by atomic mass is 16.5. The van der Waals surface area contributed by atoms with E-state index in [-0.39, 0.29) is 5.41 Å². The summed E-state index contributed by atoms with van der Waals surface area (Å²) < 4.78 is 6.31. The SMILES string of the molecule is Cc1ccc2c(c1)Oc1cc(C)ccc1N2c1c(C)cc(C(C)(C)C)cc1C. The third kappa shape index (κ3) is 3.07. The van der Waals surface area contributed by atoms with Crippen LogP contribution in [0.25, 0.3) is 0 Å². The predicted molar refractivity (Wildman–Crippen MR) is 119 cm³/mol. The van der Waals surface area contributed by atoms with Crippen molar-refractivity contribution in [2.45, 2.75) is 53.9 Å². The van der Waals surface area contributed by atoms with Gasteiger partial charge in [0.15, 0.2) is 11.5 Å². The van der Waals surface area contributed by atoms with E-state index in [1.807, 2.05) is 0 Å². The van der Waals surface area contributed by atoms with Crippen LogP contribution in [-0.4, -0.2) is 0 Å². The first-order valence-electron chi connectivity index (χ1n) is 9.96. The normalized spacial score (nSPS) is 13.0. The Morgan fingerprint density at radius 1 is 0.679 bits per heavy atom. The van der Waals surface area contributed by atoms with Gasteiger partial charge in [0.25, 0.3) is 0 Å². The second kappa shape index (κ2) is 6.41. The van der Waals surface area contributed by atoms with E-state index in [9.17, 15) is 0 Å². The maximum Gasteiger partial charge on any atom is 0.151 e. The van der Waals surface area contributed by atoms with Crippen LogP contribution >= 0.6 is 0 Å². The Hall–Kier alpha value is -2.74. The molecule has 2 heteroatoms. The summed E-state index contributed by atoms with van der Waals surface area (Å²) in [5.41, 5.74) is 9.89. The number of ether oxygens (including phenoxy) is 1. The summed E-state index contributed by atoms with van der Waals surface area (Å²) >= 11 is 0. The van der Waals surface area contributed by atoms with Crippen LogP contribution in [0.1, 0.15) is 48.6 Å². The minimum atomic E-state index is 0.128. The van der Waals surface area contributed by atoms with Crippen molar-refractivity contribution in [3.05, 3.63) is 76.3 Å². The summed E-state index contributed by atoms with van der Waals surface area (Å²) in [6.07, 6.45) is 0. The summed E-state index contributed by atoms with van der Waals surface area (Å²) in [6, 6.07) is 17.6. The summed E-state index contributed by atoms with van der Waals surface area (Å²) in [6.45, 7) is 15.5. The van der Waals surface area contributed by atoms with Crippen LogP contribution in [0.4, 0.5) is 17.1 Å². The Labute approximate surface area is 168 Å². The Balaban J connectivity index is 1.98. The fourth-order valence-electron chi connectivity index (χ4n) is 4.01. The largest absolute Gasteiger partial charge is 0.453 e. The Bertz CT molecular complexity index is 998. The zero-order chi connectivity index (χ0) is 20.2. The zero-order valence-electron chi connectivity index (χ0n) is 18.0. The lowest BCUT2D eigenvalue weighted by molar-refractivity contribution is 0.476. The number of fused-ring (bicyclic) bond motifs is 2. The summed E-state index contributed by atoms with van der Waals surface area (Å²) in [5, 5.41) is 0. The molecule has 0 spiro atoms. The lowest BCUT2D eigenvalue weighted by Gasteiger charge is -2.35. The molecule has 0 aromatic heterocycles. The second-order valence-electron chi connectivity index (χ2n) is 9.09. The predicted octanol–water partition coefficient (Wildman–Crippen LogP) is 7.79. The number of anilines is 3. The van der Waals surface area contributed by atoms with Gasteiger partial charge in [-0.2, -0.15) is 0 Å². The lowest BCUT2D eigenvalue weighted by Crippen LogP contribution is -2.19. The molecule has 0 unspecified atom stereocenters. The van der Waals surface area contributed by atoms with Gasteiger partial charge >= 0.3 is 0 Å². The van der Waals surface area contributed by atoms with Crippen LogP contribution in [0.2, 0.25) is 0 Å². The topological polar surface area (TPSA) is 12.5 Å². The van der Waals surface area contributed by atoms with E-state index in [1.165, 1.54) is 33.5 Å². The molecule has 1 heterocycles. The zero-order valence-corrected chi connectivity index (χ0v) is 18.0. The highest BCUT2D eigenvalue weighted by Crippen LogP contribution is 2.52. The average molecular weight is 372 g/mol. The van der Waals surface area contributed by atoms with Gasteiger partial charge in [0.2, 0.25) is 0 Å². The average Bonchev–Trinajstić information content (AvgIpc) is 2.59. The Kier molecular flexibility index (Phi) is 4.26. The van der Waals surface area contributed by atoms with Gasteiger partial charge in [-0.05, 0) is 85.2 Å². The van der Waals surface area contributed by atoms with E-state index >= 15 is 0 Å². The van der Waals surface area contributed by atoms with Crippen molar-refractivity contribution in [1.82, 2.24) is 0 Å². The third-order valence-electron chi connectivity index (χ3n) is 5.51. The minimum Gasteiger partial charge on any atom is -0.453 e. The molecule has 0 atom stereocenters. The first-order chi connectivity index (χ1) is 13.1. The summed E-state index contributed by atoms with van der Waals surface area (Å²) in [7, 11) is 0. The first kappa shape index (κ1) is 18.6. The third-order valence-corrected chi connectivity index (χ3v) is 5.51. The number of benzene rings is 3. The van der Waals surface area contributed by atoms with Crippen molar-refractivity contribution < 1.29 is 4.74 Å². The molecule has 4 rings (SSSR count). The van der Waals surface area contributed by atoms with E-state index in [0.717, 1.165) is 22.9 Å². The Morgan fingerprint density at radius 3 is 1.57 bits per heavy atom.